The maximum Gasteiger partial charge on any atom is 0.210 e. The van der Waals surface area contributed by atoms with E-state index in [4.69, 9.17) is 0 Å². The lowest BCUT2D eigenvalue weighted by atomic mass is 10.1. The molecule has 4 rings (SSSR count). The molecule has 5 heteroatoms. The van der Waals surface area contributed by atoms with Crippen LogP contribution < -0.4 is 5.32 Å². The first-order chi connectivity index (χ1) is 13.9. The molecule has 0 unspecified atom stereocenters. The Bertz CT molecular complexity index is 1270. The van der Waals surface area contributed by atoms with E-state index < -0.39 is 9.84 Å². The first kappa shape index (κ1) is 19.2. The van der Waals surface area contributed by atoms with Gasteiger partial charge in [-0.05, 0) is 43.7 Å². The van der Waals surface area contributed by atoms with E-state index in [-0.39, 0.29) is 9.79 Å². The second-order valence-corrected chi connectivity index (χ2v) is 9.09. The first-order valence-electron chi connectivity index (χ1n) is 9.44. The van der Waals surface area contributed by atoms with E-state index >= 15 is 0 Å². The molecule has 146 valence electrons. The summed E-state index contributed by atoms with van der Waals surface area (Å²) in [6, 6.07) is 22.5. The fourth-order valence-electron chi connectivity index (χ4n) is 3.30. The number of anilines is 1. The van der Waals surface area contributed by atoms with Gasteiger partial charge in [-0.1, -0.05) is 59.7 Å². The van der Waals surface area contributed by atoms with Gasteiger partial charge in [0.15, 0.2) is 0 Å². The van der Waals surface area contributed by atoms with Crippen molar-refractivity contribution in [3.05, 3.63) is 95.7 Å². The van der Waals surface area contributed by atoms with Crippen molar-refractivity contribution in [2.45, 2.75) is 30.2 Å². The number of hydrogen-bond acceptors (Lipinski definition) is 4. The van der Waals surface area contributed by atoms with Gasteiger partial charge in [-0.2, -0.15) is 0 Å². The van der Waals surface area contributed by atoms with Crippen molar-refractivity contribution < 1.29 is 8.42 Å². The molecule has 0 atom stereocenters. The summed E-state index contributed by atoms with van der Waals surface area (Å²) in [6.07, 6.45) is 1.46. The molecule has 0 saturated carbocycles. The zero-order valence-electron chi connectivity index (χ0n) is 16.4. The Hall–Kier alpha value is -3.18. The maximum absolute atomic E-state index is 13.4. The number of hydrogen-bond donors (Lipinski definition) is 1. The summed E-state index contributed by atoms with van der Waals surface area (Å²) in [6.45, 7) is 4.55. The number of pyridine rings is 1. The number of rotatable bonds is 5. The Balaban J connectivity index is 1.85. The summed E-state index contributed by atoms with van der Waals surface area (Å²) in [7, 11) is -3.71. The number of aryl methyl sites for hydroxylation is 2. The first-order valence-corrected chi connectivity index (χ1v) is 10.9. The van der Waals surface area contributed by atoms with Gasteiger partial charge in [0.1, 0.15) is 4.90 Å². The van der Waals surface area contributed by atoms with Gasteiger partial charge in [0.25, 0.3) is 0 Å². The van der Waals surface area contributed by atoms with Gasteiger partial charge in [0, 0.05) is 18.1 Å². The highest BCUT2D eigenvalue weighted by molar-refractivity contribution is 7.91. The van der Waals surface area contributed by atoms with Crippen LogP contribution in [-0.2, 0) is 16.4 Å². The topological polar surface area (TPSA) is 59.1 Å². The molecule has 3 aromatic carbocycles. The molecule has 0 aliphatic carbocycles. The lowest BCUT2D eigenvalue weighted by Gasteiger charge is -2.16. The molecule has 0 aliphatic rings. The molecule has 4 aromatic rings. The van der Waals surface area contributed by atoms with Crippen molar-refractivity contribution in [1.29, 1.82) is 0 Å². The van der Waals surface area contributed by atoms with E-state index in [2.05, 4.69) is 10.3 Å². The number of nitrogens with zero attached hydrogens (tertiary/aromatic N) is 1. The van der Waals surface area contributed by atoms with Crippen molar-refractivity contribution in [1.82, 2.24) is 4.98 Å². The van der Waals surface area contributed by atoms with Crippen LogP contribution >= 0.6 is 0 Å². The molecule has 1 N–H and O–H groups in total. The van der Waals surface area contributed by atoms with Crippen LogP contribution in [0.1, 0.15) is 16.7 Å². The standard InChI is InChI=1S/C24H22N2O2S/c1-17-8-11-19(12-9-17)15-26-24-21-14-18(2)10-13-22(21)25-16-23(24)29(27,28)20-6-4-3-5-7-20/h3-14,16H,15H2,1-2H3,(H,25,26). The molecule has 0 aliphatic heterocycles. The lowest BCUT2D eigenvalue weighted by molar-refractivity contribution is 0.596. The Kier molecular flexibility index (Phi) is 5.07. The molecule has 0 saturated heterocycles. The molecule has 4 nitrogen and oxygen atoms in total. The highest BCUT2D eigenvalue weighted by Gasteiger charge is 2.23. The third kappa shape index (κ3) is 3.87. The lowest BCUT2D eigenvalue weighted by Crippen LogP contribution is -2.09. The van der Waals surface area contributed by atoms with Crippen LogP contribution in [-0.4, -0.2) is 13.4 Å². The Morgan fingerprint density at radius 2 is 1.55 bits per heavy atom. The predicted octanol–water partition coefficient (Wildman–Crippen LogP) is 5.30. The Morgan fingerprint density at radius 3 is 2.28 bits per heavy atom. The van der Waals surface area contributed by atoms with Crippen LogP contribution in [0.25, 0.3) is 10.9 Å². The smallest absolute Gasteiger partial charge is 0.210 e. The molecule has 0 fully saturated rings. The average molecular weight is 403 g/mol. The minimum absolute atomic E-state index is 0.189. The normalized spacial score (nSPS) is 11.5. The molecule has 0 radical (unpaired) electrons. The summed E-state index contributed by atoms with van der Waals surface area (Å²) >= 11 is 0. The molecule has 1 heterocycles. The van der Waals surface area contributed by atoms with Crippen LogP contribution in [0.2, 0.25) is 0 Å². The average Bonchev–Trinajstić information content (AvgIpc) is 2.73. The van der Waals surface area contributed by atoms with E-state index in [0.717, 1.165) is 22.0 Å². The number of sulfone groups is 1. The minimum Gasteiger partial charge on any atom is -0.379 e. The SMILES string of the molecule is Cc1ccc(CNc2c(S(=O)(=O)c3ccccc3)cnc3ccc(C)cc23)cc1. The Morgan fingerprint density at radius 1 is 0.862 bits per heavy atom. The predicted molar refractivity (Wildman–Crippen MR) is 117 cm³/mol. The van der Waals surface area contributed by atoms with E-state index in [0.29, 0.717) is 12.2 Å². The minimum atomic E-state index is -3.71. The second-order valence-electron chi connectivity index (χ2n) is 7.17. The van der Waals surface area contributed by atoms with Gasteiger partial charge >= 0.3 is 0 Å². The summed E-state index contributed by atoms with van der Waals surface area (Å²) in [4.78, 5) is 4.87. The molecular weight excluding hydrogens is 380 g/mol. The molecule has 0 spiro atoms. The number of aromatic nitrogens is 1. The number of nitrogens with one attached hydrogen (secondary N) is 1. The molecular formula is C24H22N2O2S. The third-order valence-electron chi connectivity index (χ3n) is 4.92. The highest BCUT2D eigenvalue weighted by Crippen LogP contribution is 2.33. The van der Waals surface area contributed by atoms with Crippen LogP contribution in [0.3, 0.4) is 0 Å². The largest absolute Gasteiger partial charge is 0.379 e. The number of fused-ring (bicyclic) bond motifs is 1. The van der Waals surface area contributed by atoms with Crippen LogP contribution in [0.4, 0.5) is 5.69 Å². The van der Waals surface area contributed by atoms with Gasteiger partial charge in [0.05, 0.1) is 16.1 Å². The summed E-state index contributed by atoms with van der Waals surface area (Å²) in [5, 5.41) is 4.18. The van der Waals surface area contributed by atoms with Crippen molar-refractivity contribution in [2.24, 2.45) is 0 Å². The maximum atomic E-state index is 13.4. The van der Waals surface area contributed by atoms with Crippen LogP contribution in [0, 0.1) is 13.8 Å². The summed E-state index contributed by atoms with van der Waals surface area (Å²) < 4.78 is 26.7. The fourth-order valence-corrected chi connectivity index (χ4v) is 4.71. The summed E-state index contributed by atoms with van der Waals surface area (Å²) in [5.41, 5.74) is 4.66. The number of benzene rings is 3. The Labute approximate surface area is 171 Å². The van der Waals surface area contributed by atoms with Crippen molar-refractivity contribution >= 4 is 26.4 Å². The zero-order valence-corrected chi connectivity index (χ0v) is 17.2. The van der Waals surface area contributed by atoms with Crippen molar-refractivity contribution in [3.63, 3.8) is 0 Å². The van der Waals surface area contributed by atoms with Gasteiger partial charge < -0.3 is 5.32 Å². The fraction of sp³-hybridized carbons (Fsp3) is 0.125. The van der Waals surface area contributed by atoms with Gasteiger partial charge in [-0.15, -0.1) is 0 Å². The molecule has 29 heavy (non-hydrogen) atoms. The van der Waals surface area contributed by atoms with Crippen LogP contribution in [0.5, 0.6) is 0 Å². The van der Waals surface area contributed by atoms with Gasteiger partial charge in [-0.25, -0.2) is 8.42 Å². The highest BCUT2D eigenvalue weighted by atomic mass is 32.2. The summed E-state index contributed by atoms with van der Waals surface area (Å²) in [5.74, 6) is 0. The zero-order chi connectivity index (χ0) is 20.4. The van der Waals surface area contributed by atoms with E-state index in [1.807, 2.05) is 56.3 Å². The third-order valence-corrected chi connectivity index (χ3v) is 6.70. The van der Waals surface area contributed by atoms with Crippen LogP contribution in [0.15, 0.2) is 88.8 Å². The van der Waals surface area contributed by atoms with Gasteiger partial charge in [0.2, 0.25) is 9.84 Å². The monoisotopic (exact) mass is 402 g/mol. The second kappa shape index (κ2) is 7.68. The van der Waals surface area contributed by atoms with Gasteiger partial charge in [-0.3, -0.25) is 4.98 Å². The molecule has 1 aromatic heterocycles. The molecule has 0 bridgehead atoms. The van der Waals surface area contributed by atoms with E-state index in [9.17, 15) is 8.42 Å². The van der Waals surface area contributed by atoms with E-state index in [1.54, 1.807) is 30.3 Å². The van der Waals surface area contributed by atoms with Crippen molar-refractivity contribution in [3.8, 4) is 0 Å². The molecule has 0 amide bonds. The van der Waals surface area contributed by atoms with E-state index in [1.165, 1.54) is 11.8 Å². The van der Waals surface area contributed by atoms with Crippen molar-refractivity contribution in [2.75, 3.05) is 5.32 Å². The quantitative estimate of drug-likeness (QED) is 0.492.